The number of carbonyl (C=O) groups is 2. The van der Waals surface area contributed by atoms with E-state index in [0.29, 0.717) is 34.3 Å². The van der Waals surface area contributed by atoms with Crippen LogP contribution < -0.4 is 9.62 Å². The lowest BCUT2D eigenvalue weighted by Gasteiger charge is -2.33. The fourth-order valence-corrected chi connectivity index (χ4v) is 6.27. The highest BCUT2D eigenvalue weighted by molar-refractivity contribution is 7.92. The Labute approximate surface area is 253 Å². The first-order chi connectivity index (χ1) is 19.3. The van der Waals surface area contributed by atoms with Gasteiger partial charge in [0, 0.05) is 28.7 Å². The maximum absolute atomic E-state index is 14.2. The summed E-state index contributed by atoms with van der Waals surface area (Å²) in [6.07, 6.45) is 0.299. The molecule has 0 bridgehead atoms. The van der Waals surface area contributed by atoms with Gasteiger partial charge >= 0.3 is 0 Å². The molecule has 0 aliphatic rings. The monoisotopic (exact) mass is 617 g/mol. The quantitative estimate of drug-likeness (QED) is 0.255. The topological polar surface area (TPSA) is 86.8 Å². The molecule has 41 heavy (non-hydrogen) atoms. The zero-order valence-electron chi connectivity index (χ0n) is 24.0. The number of halogens is 2. The Bertz CT molecular complexity index is 1460. The fourth-order valence-electron chi connectivity index (χ4n) is 4.35. The van der Waals surface area contributed by atoms with E-state index in [-0.39, 0.29) is 23.3 Å². The first kappa shape index (κ1) is 32.4. The van der Waals surface area contributed by atoms with Crippen LogP contribution >= 0.6 is 23.2 Å². The summed E-state index contributed by atoms with van der Waals surface area (Å²) < 4.78 is 29.0. The Morgan fingerprint density at radius 2 is 1.51 bits per heavy atom. The van der Waals surface area contributed by atoms with E-state index in [9.17, 15) is 18.0 Å². The molecule has 1 N–H and O–H groups in total. The van der Waals surface area contributed by atoms with Gasteiger partial charge in [0.15, 0.2) is 0 Å². The fraction of sp³-hybridized carbons (Fsp3) is 0.355. The number of rotatable bonds is 12. The molecule has 10 heteroatoms. The Morgan fingerprint density at radius 3 is 2.07 bits per heavy atom. The van der Waals surface area contributed by atoms with Crippen molar-refractivity contribution in [1.29, 1.82) is 0 Å². The number of amides is 2. The van der Waals surface area contributed by atoms with Crippen LogP contribution in [0.15, 0.2) is 71.6 Å². The second kappa shape index (κ2) is 14.2. The number of hydrogen-bond donors (Lipinski definition) is 1. The highest BCUT2D eigenvalue weighted by Gasteiger charge is 2.34. The molecule has 3 rings (SSSR count). The van der Waals surface area contributed by atoms with Gasteiger partial charge < -0.3 is 10.2 Å². The molecule has 0 aromatic heterocycles. The molecule has 0 saturated carbocycles. The molecular formula is C31H37Cl2N3O4S. The smallest absolute Gasteiger partial charge is 0.264 e. The first-order valence-corrected chi connectivity index (χ1v) is 15.7. The van der Waals surface area contributed by atoms with Gasteiger partial charge in [0.05, 0.1) is 10.6 Å². The summed E-state index contributed by atoms with van der Waals surface area (Å²) in [7, 11) is -4.15. The summed E-state index contributed by atoms with van der Waals surface area (Å²) in [4.78, 5) is 28.9. The zero-order chi connectivity index (χ0) is 30.3. The van der Waals surface area contributed by atoms with Crippen LogP contribution in [0.25, 0.3) is 0 Å². The van der Waals surface area contributed by atoms with E-state index in [1.54, 1.807) is 55.5 Å². The molecule has 0 heterocycles. The predicted molar refractivity (Wildman–Crippen MR) is 166 cm³/mol. The van der Waals surface area contributed by atoms with Crippen LogP contribution in [0.5, 0.6) is 0 Å². The Kier molecular flexibility index (Phi) is 11.2. The maximum Gasteiger partial charge on any atom is 0.264 e. The number of sulfonamides is 1. The van der Waals surface area contributed by atoms with Crippen molar-refractivity contribution in [3.63, 3.8) is 0 Å². The average molecular weight is 619 g/mol. The van der Waals surface area contributed by atoms with Gasteiger partial charge in [0.2, 0.25) is 11.8 Å². The lowest BCUT2D eigenvalue weighted by atomic mass is 10.1. The van der Waals surface area contributed by atoms with Crippen molar-refractivity contribution < 1.29 is 18.0 Å². The second-order valence-corrected chi connectivity index (χ2v) is 13.1. The number of nitrogens with one attached hydrogen (secondary N) is 1. The molecule has 3 aromatic rings. The molecule has 1 atom stereocenters. The van der Waals surface area contributed by atoms with Crippen LogP contribution in [0.4, 0.5) is 5.69 Å². The van der Waals surface area contributed by atoms with E-state index in [0.717, 1.165) is 15.4 Å². The number of benzene rings is 3. The molecule has 0 aliphatic carbocycles. The minimum absolute atomic E-state index is 0.0554. The van der Waals surface area contributed by atoms with Crippen molar-refractivity contribution in [1.82, 2.24) is 10.2 Å². The molecule has 0 aliphatic heterocycles. The van der Waals surface area contributed by atoms with Gasteiger partial charge in [-0.05, 0) is 68.1 Å². The third-order valence-electron chi connectivity index (χ3n) is 6.64. The molecule has 7 nitrogen and oxygen atoms in total. The predicted octanol–water partition coefficient (Wildman–Crippen LogP) is 6.39. The van der Waals surface area contributed by atoms with Crippen LogP contribution in [-0.2, 0) is 26.2 Å². The maximum atomic E-state index is 14.2. The standard InChI is InChI=1S/C31H37Cl2N3O4S/c1-6-29(31(38)34-18-21(2)3)35(19-26-27(32)11-8-12-28(26)33)30(37)20-36(24-10-7-9-23(5)17-24)41(39,40)25-15-13-22(4)14-16-25/h7-17,21,29H,6,18-20H2,1-5H3,(H,34,38). The van der Waals surface area contributed by atoms with E-state index in [4.69, 9.17) is 23.2 Å². The SMILES string of the molecule is CCC(C(=O)NCC(C)C)N(Cc1c(Cl)cccc1Cl)C(=O)CN(c1cccc(C)c1)S(=O)(=O)c1ccc(C)cc1. The lowest BCUT2D eigenvalue weighted by molar-refractivity contribution is -0.140. The van der Waals surface area contributed by atoms with Gasteiger partial charge in [0.1, 0.15) is 12.6 Å². The van der Waals surface area contributed by atoms with Gasteiger partial charge in [-0.2, -0.15) is 0 Å². The summed E-state index contributed by atoms with van der Waals surface area (Å²) in [5, 5.41) is 3.59. The van der Waals surface area contributed by atoms with Crippen LogP contribution in [0, 0.1) is 19.8 Å². The molecule has 2 amide bonds. The van der Waals surface area contributed by atoms with Gasteiger partial charge in [0.25, 0.3) is 10.0 Å². The van der Waals surface area contributed by atoms with Gasteiger partial charge in [-0.15, -0.1) is 0 Å². The number of hydrogen-bond acceptors (Lipinski definition) is 4. The molecule has 0 saturated heterocycles. The van der Waals surface area contributed by atoms with E-state index < -0.39 is 28.5 Å². The highest BCUT2D eigenvalue weighted by atomic mass is 35.5. The number of aryl methyl sites for hydroxylation is 2. The number of anilines is 1. The normalized spacial score (nSPS) is 12.2. The van der Waals surface area contributed by atoms with Crippen molar-refractivity contribution >= 4 is 50.7 Å². The summed E-state index contributed by atoms with van der Waals surface area (Å²) >= 11 is 12.9. The minimum Gasteiger partial charge on any atom is -0.354 e. The Balaban J connectivity index is 2.09. The van der Waals surface area contributed by atoms with Gasteiger partial charge in [-0.3, -0.25) is 13.9 Å². The summed E-state index contributed by atoms with van der Waals surface area (Å²) in [5.41, 5.74) is 2.55. The van der Waals surface area contributed by atoms with Crippen molar-refractivity contribution in [2.45, 2.75) is 58.5 Å². The lowest BCUT2D eigenvalue weighted by Crippen LogP contribution is -2.52. The van der Waals surface area contributed by atoms with E-state index in [2.05, 4.69) is 5.32 Å². The van der Waals surface area contributed by atoms with E-state index >= 15 is 0 Å². The van der Waals surface area contributed by atoms with E-state index in [1.165, 1.54) is 17.0 Å². The van der Waals surface area contributed by atoms with Crippen LogP contribution in [0.1, 0.15) is 43.9 Å². The summed E-state index contributed by atoms with van der Waals surface area (Å²) in [5.74, 6) is -0.693. The summed E-state index contributed by atoms with van der Waals surface area (Å²) in [6.45, 7) is 9.29. The second-order valence-electron chi connectivity index (χ2n) is 10.4. The van der Waals surface area contributed by atoms with Gasteiger partial charge in [-0.1, -0.05) is 79.9 Å². The minimum atomic E-state index is -4.15. The van der Waals surface area contributed by atoms with Crippen molar-refractivity contribution in [3.8, 4) is 0 Å². The molecule has 3 aromatic carbocycles. The summed E-state index contributed by atoms with van der Waals surface area (Å²) in [6, 6.07) is 17.5. The third-order valence-corrected chi connectivity index (χ3v) is 9.13. The number of nitrogens with zero attached hydrogens (tertiary/aromatic N) is 2. The molecule has 0 spiro atoms. The number of carbonyl (C=O) groups excluding carboxylic acids is 2. The average Bonchev–Trinajstić information content (AvgIpc) is 2.92. The van der Waals surface area contributed by atoms with Crippen LogP contribution in [0.3, 0.4) is 0 Å². The third kappa shape index (κ3) is 8.24. The van der Waals surface area contributed by atoms with Crippen molar-refractivity contribution in [2.24, 2.45) is 5.92 Å². The molecule has 1 unspecified atom stereocenters. The van der Waals surface area contributed by atoms with E-state index in [1.807, 2.05) is 33.8 Å². The molecule has 220 valence electrons. The Morgan fingerprint density at radius 1 is 0.902 bits per heavy atom. The molecular weight excluding hydrogens is 581 g/mol. The zero-order valence-corrected chi connectivity index (χ0v) is 26.4. The first-order valence-electron chi connectivity index (χ1n) is 13.5. The molecule has 0 radical (unpaired) electrons. The highest BCUT2D eigenvalue weighted by Crippen LogP contribution is 2.29. The molecule has 0 fully saturated rings. The van der Waals surface area contributed by atoms with Crippen molar-refractivity contribution in [2.75, 3.05) is 17.4 Å². The van der Waals surface area contributed by atoms with Gasteiger partial charge in [-0.25, -0.2) is 8.42 Å². The van der Waals surface area contributed by atoms with Crippen LogP contribution in [-0.4, -0.2) is 44.3 Å². The Hall–Kier alpha value is -3.07. The van der Waals surface area contributed by atoms with Crippen molar-refractivity contribution in [3.05, 3.63) is 93.5 Å². The van der Waals surface area contributed by atoms with Crippen LogP contribution in [0.2, 0.25) is 10.0 Å². The largest absolute Gasteiger partial charge is 0.354 e.